The highest BCUT2D eigenvalue weighted by Crippen LogP contribution is 2.26. The fourth-order valence-electron chi connectivity index (χ4n) is 3.26. The molecule has 0 saturated heterocycles. The number of hydrogen-bond acceptors (Lipinski definition) is 3. The van der Waals surface area contributed by atoms with E-state index in [1.54, 1.807) is 6.21 Å². The van der Waals surface area contributed by atoms with Crippen molar-refractivity contribution in [3.8, 4) is 0 Å². The predicted octanol–water partition coefficient (Wildman–Crippen LogP) is 3.87. The summed E-state index contributed by atoms with van der Waals surface area (Å²) < 4.78 is 41.5. The highest BCUT2D eigenvalue weighted by molar-refractivity contribution is 7.93. The number of rotatable bonds is 7. The molecule has 2 aliphatic carbocycles. The molecule has 0 N–H and O–H groups in total. The number of halogens is 1. The Morgan fingerprint density at radius 2 is 2.04 bits per heavy atom. The van der Waals surface area contributed by atoms with Gasteiger partial charge in [-0.25, -0.2) is 12.8 Å². The van der Waals surface area contributed by atoms with Crippen LogP contribution in [-0.4, -0.2) is 44.7 Å². The lowest BCUT2D eigenvalue weighted by atomic mass is 10.0. The molecule has 6 heteroatoms. The van der Waals surface area contributed by atoms with Crippen molar-refractivity contribution in [2.75, 3.05) is 19.6 Å². The maximum atomic E-state index is 13.7. The summed E-state index contributed by atoms with van der Waals surface area (Å²) in [6.07, 6.45) is 16.4. The maximum Gasteiger partial charge on any atom is 0.239 e. The summed E-state index contributed by atoms with van der Waals surface area (Å²) in [4.78, 5) is 4.32. The fourth-order valence-corrected chi connectivity index (χ4v) is 4.88. The number of sulfonamides is 1. The molecule has 0 spiro atoms. The number of dihydropyridines is 1. The number of aliphatic imine (C=N–C) groups is 1. The molecule has 3 rings (SSSR count). The Labute approximate surface area is 155 Å². The summed E-state index contributed by atoms with van der Waals surface area (Å²) in [5.41, 5.74) is 2.30. The first-order valence-corrected chi connectivity index (χ1v) is 10.5. The van der Waals surface area contributed by atoms with Crippen LogP contribution in [-0.2, 0) is 10.0 Å². The van der Waals surface area contributed by atoms with Crippen LogP contribution in [0.25, 0.3) is 0 Å². The van der Waals surface area contributed by atoms with Crippen molar-refractivity contribution in [3.05, 3.63) is 58.6 Å². The van der Waals surface area contributed by atoms with E-state index in [0.717, 1.165) is 24.8 Å². The SMILES string of the molecule is O=S(=O)(C1=CC=CC(F)C1)N(CCC1=CC=CCC1)CC1=CC=NCC1. The van der Waals surface area contributed by atoms with Crippen LogP contribution in [0.15, 0.2) is 63.6 Å². The van der Waals surface area contributed by atoms with Crippen molar-refractivity contribution in [1.82, 2.24) is 4.31 Å². The van der Waals surface area contributed by atoms with Crippen molar-refractivity contribution >= 4 is 16.2 Å². The second-order valence-corrected chi connectivity index (χ2v) is 8.74. The van der Waals surface area contributed by atoms with E-state index in [1.165, 1.54) is 28.1 Å². The number of hydrogen-bond donors (Lipinski definition) is 0. The van der Waals surface area contributed by atoms with Crippen LogP contribution in [0, 0.1) is 0 Å². The molecule has 140 valence electrons. The molecule has 0 saturated carbocycles. The standard InChI is InChI=1S/C20H25FN2O2S/c21-19-7-4-8-20(15-19)26(24,25)23(16-18-9-12-22-13-10-18)14-11-17-5-2-1-3-6-17/h1-2,4-5,7-9,12,19H,3,6,10-11,13-16H2. The molecule has 0 fully saturated rings. The lowest BCUT2D eigenvalue weighted by Crippen LogP contribution is -2.36. The zero-order valence-electron chi connectivity index (χ0n) is 14.9. The zero-order valence-corrected chi connectivity index (χ0v) is 15.7. The maximum absolute atomic E-state index is 13.7. The summed E-state index contributed by atoms with van der Waals surface area (Å²) in [7, 11) is -3.68. The van der Waals surface area contributed by atoms with E-state index in [4.69, 9.17) is 0 Å². The Morgan fingerprint density at radius 3 is 2.73 bits per heavy atom. The number of nitrogens with zero attached hydrogens (tertiary/aromatic N) is 2. The van der Waals surface area contributed by atoms with E-state index in [2.05, 4.69) is 17.1 Å². The Kier molecular flexibility index (Phi) is 6.38. The van der Waals surface area contributed by atoms with E-state index in [0.29, 0.717) is 26.1 Å². The smallest absolute Gasteiger partial charge is 0.239 e. The minimum atomic E-state index is -3.68. The largest absolute Gasteiger partial charge is 0.293 e. The molecule has 26 heavy (non-hydrogen) atoms. The van der Waals surface area contributed by atoms with E-state index in [9.17, 15) is 12.8 Å². The molecular formula is C20H25FN2O2S. The van der Waals surface area contributed by atoms with Crippen LogP contribution >= 0.6 is 0 Å². The lowest BCUT2D eigenvalue weighted by Gasteiger charge is -2.27. The first-order chi connectivity index (χ1) is 12.6. The Morgan fingerprint density at radius 1 is 1.15 bits per heavy atom. The highest BCUT2D eigenvalue weighted by Gasteiger charge is 2.29. The molecule has 0 radical (unpaired) electrons. The number of alkyl halides is 1. The van der Waals surface area contributed by atoms with Crippen molar-refractivity contribution in [3.63, 3.8) is 0 Å². The highest BCUT2D eigenvalue weighted by atomic mass is 32.2. The zero-order chi connectivity index (χ0) is 18.4. The van der Waals surface area contributed by atoms with Gasteiger partial charge >= 0.3 is 0 Å². The van der Waals surface area contributed by atoms with Gasteiger partial charge in [0.05, 0.1) is 4.91 Å². The first-order valence-electron chi connectivity index (χ1n) is 9.10. The first kappa shape index (κ1) is 19.0. The van der Waals surface area contributed by atoms with Gasteiger partial charge in [-0.15, -0.1) is 0 Å². The molecule has 0 aromatic heterocycles. The van der Waals surface area contributed by atoms with E-state index in [-0.39, 0.29) is 11.3 Å². The van der Waals surface area contributed by atoms with Crippen LogP contribution in [0.5, 0.6) is 0 Å². The van der Waals surface area contributed by atoms with E-state index >= 15 is 0 Å². The van der Waals surface area contributed by atoms with Gasteiger partial charge in [0, 0.05) is 32.3 Å². The van der Waals surface area contributed by atoms with Gasteiger partial charge in [-0.3, -0.25) is 4.99 Å². The minimum absolute atomic E-state index is 0.0821. The number of allylic oxidation sites excluding steroid dienone is 8. The predicted molar refractivity (Wildman–Crippen MR) is 104 cm³/mol. The van der Waals surface area contributed by atoms with Gasteiger partial charge in [0.15, 0.2) is 0 Å². The van der Waals surface area contributed by atoms with Gasteiger partial charge in [-0.2, -0.15) is 4.31 Å². The second kappa shape index (κ2) is 8.73. The average molecular weight is 376 g/mol. The van der Waals surface area contributed by atoms with Crippen LogP contribution in [0.1, 0.15) is 32.1 Å². The Hall–Kier alpha value is -1.79. The van der Waals surface area contributed by atoms with Gasteiger partial charge in [0.2, 0.25) is 10.0 Å². The average Bonchev–Trinajstić information content (AvgIpc) is 2.66. The molecule has 4 nitrogen and oxygen atoms in total. The summed E-state index contributed by atoms with van der Waals surface area (Å²) in [6.45, 7) is 1.44. The van der Waals surface area contributed by atoms with Crippen LogP contribution in [0.3, 0.4) is 0 Å². The third-order valence-electron chi connectivity index (χ3n) is 4.81. The van der Waals surface area contributed by atoms with E-state index in [1.807, 2.05) is 12.2 Å². The molecule has 1 aliphatic heterocycles. The monoisotopic (exact) mass is 376 g/mol. The Balaban J connectivity index is 1.78. The molecule has 0 bridgehead atoms. The van der Waals surface area contributed by atoms with Crippen molar-refractivity contribution in [1.29, 1.82) is 0 Å². The second-order valence-electron chi connectivity index (χ2n) is 6.75. The molecule has 3 aliphatic rings. The minimum Gasteiger partial charge on any atom is -0.293 e. The van der Waals surface area contributed by atoms with Crippen molar-refractivity contribution in [2.45, 2.75) is 38.3 Å². The lowest BCUT2D eigenvalue weighted by molar-refractivity contribution is 0.392. The van der Waals surface area contributed by atoms with Crippen molar-refractivity contribution in [2.24, 2.45) is 4.99 Å². The fraction of sp³-hybridized carbons (Fsp3) is 0.450. The van der Waals surface area contributed by atoms with Crippen molar-refractivity contribution < 1.29 is 12.8 Å². The summed E-state index contributed by atoms with van der Waals surface area (Å²) >= 11 is 0. The van der Waals surface area contributed by atoms with E-state index < -0.39 is 16.2 Å². The normalized spacial score (nSPS) is 23.0. The molecular weight excluding hydrogens is 351 g/mol. The summed E-state index contributed by atoms with van der Waals surface area (Å²) in [5.74, 6) is 0. The van der Waals surface area contributed by atoms with Crippen LogP contribution in [0.2, 0.25) is 0 Å². The summed E-state index contributed by atoms with van der Waals surface area (Å²) in [6, 6.07) is 0. The topological polar surface area (TPSA) is 49.7 Å². The molecule has 1 heterocycles. The van der Waals surface area contributed by atoms with Gasteiger partial charge < -0.3 is 0 Å². The summed E-state index contributed by atoms with van der Waals surface area (Å²) in [5, 5.41) is 0. The molecule has 1 atom stereocenters. The van der Waals surface area contributed by atoms with Gasteiger partial charge in [0.25, 0.3) is 0 Å². The quantitative estimate of drug-likeness (QED) is 0.677. The van der Waals surface area contributed by atoms with Crippen LogP contribution < -0.4 is 0 Å². The molecule has 0 aromatic rings. The third kappa shape index (κ3) is 4.89. The van der Waals surface area contributed by atoms with Gasteiger partial charge in [0.1, 0.15) is 6.17 Å². The van der Waals surface area contributed by atoms with Gasteiger partial charge in [-0.1, -0.05) is 41.5 Å². The van der Waals surface area contributed by atoms with Crippen LogP contribution in [0.4, 0.5) is 4.39 Å². The molecule has 0 amide bonds. The molecule has 1 unspecified atom stereocenters. The Bertz CT molecular complexity index is 804. The molecule has 0 aromatic carbocycles. The third-order valence-corrected chi connectivity index (χ3v) is 6.77. The van der Waals surface area contributed by atoms with Gasteiger partial charge in [-0.05, 0) is 37.8 Å².